The minimum atomic E-state index is -0.324. The number of carbonyl (C=O) groups excluding carboxylic acids is 1. The highest BCUT2D eigenvalue weighted by Crippen LogP contribution is 2.30. The van der Waals surface area contributed by atoms with Crippen LogP contribution in [0, 0.1) is 5.82 Å². The van der Waals surface area contributed by atoms with E-state index >= 15 is 0 Å². The van der Waals surface area contributed by atoms with Crippen molar-refractivity contribution in [3.63, 3.8) is 0 Å². The fourth-order valence-electron chi connectivity index (χ4n) is 4.71. The number of hydrogen-bond donors (Lipinski definition) is 2. The minimum Gasteiger partial charge on any atom is -0.476 e. The van der Waals surface area contributed by atoms with Crippen LogP contribution in [-0.4, -0.2) is 63.5 Å². The number of carbonyl (C=O) groups is 1. The number of H-pyrrole nitrogens is 1. The van der Waals surface area contributed by atoms with Gasteiger partial charge in [0.2, 0.25) is 5.88 Å². The third-order valence-corrected chi connectivity index (χ3v) is 6.80. The van der Waals surface area contributed by atoms with Gasteiger partial charge < -0.3 is 19.9 Å². The number of aromatic nitrogens is 4. The molecule has 3 heterocycles. The first-order chi connectivity index (χ1) is 18.1. The number of fused-ring (bicyclic) bond motifs is 1. The second-order valence-corrected chi connectivity index (χ2v) is 9.40. The van der Waals surface area contributed by atoms with Gasteiger partial charge in [0.05, 0.1) is 17.6 Å². The second-order valence-electron chi connectivity index (χ2n) is 9.40. The van der Waals surface area contributed by atoms with Crippen molar-refractivity contribution in [2.45, 2.75) is 38.1 Å². The lowest BCUT2D eigenvalue weighted by Gasteiger charge is -2.19. The molecule has 9 heteroatoms. The molecule has 1 atom stereocenters. The van der Waals surface area contributed by atoms with Gasteiger partial charge in [-0.15, -0.1) is 0 Å². The first kappa shape index (κ1) is 24.8. The van der Waals surface area contributed by atoms with Crippen molar-refractivity contribution in [2.24, 2.45) is 0 Å². The molecule has 37 heavy (non-hydrogen) atoms. The number of halogens is 1. The molecule has 192 valence electrons. The summed E-state index contributed by atoms with van der Waals surface area (Å²) in [5.74, 6) is 0.814. The molecule has 2 N–H and O–H groups in total. The number of hydrogen-bond acceptors (Lipinski definition) is 6. The molecule has 0 aliphatic carbocycles. The predicted molar refractivity (Wildman–Crippen MR) is 140 cm³/mol. The number of aryl methyl sites for hydroxylation is 1. The smallest absolute Gasteiger partial charge is 0.251 e. The van der Waals surface area contributed by atoms with Gasteiger partial charge in [-0.05, 0) is 81.7 Å². The average Bonchev–Trinajstić information content (AvgIpc) is 3.58. The third kappa shape index (κ3) is 6.11. The third-order valence-electron chi connectivity index (χ3n) is 6.80. The summed E-state index contributed by atoms with van der Waals surface area (Å²) in [5.41, 5.74) is 2.95. The van der Waals surface area contributed by atoms with E-state index in [1.165, 1.54) is 25.0 Å². The maximum Gasteiger partial charge on any atom is 0.251 e. The van der Waals surface area contributed by atoms with Gasteiger partial charge in [-0.1, -0.05) is 0 Å². The topological polar surface area (TPSA) is 96.0 Å². The van der Waals surface area contributed by atoms with Gasteiger partial charge in [-0.3, -0.25) is 4.79 Å². The highest BCUT2D eigenvalue weighted by atomic mass is 19.1. The molecule has 8 nitrogen and oxygen atoms in total. The first-order valence-electron chi connectivity index (χ1n) is 12.7. The summed E-state index contributed by atoms with van der Waals surface area (Å²) < 4.78 is 19.7. The summed E-state index contributed by atoms with van der Waals surface area (Å²) >= 11 is 0. The second kappa shape index (κ2) is 11.5. The number of imidazole rings is 1. The molecule has 4 aromatic rings. The molecule has 1 unspecified atom stereocenters. The van der Waals surface area contributed by atoms with E-state index < -0.39 is 0 Å². The van der Waals surface area contributed by atoms with Crippen LogP contribution in [0.1, 0.15) is 41.9 Å². The van der Waals surface area contributed by atoms with Gasteiger partial charge in [-0.2, -0.15) is 0 Å². The summed E-state index contributed by atoms with van der Waals surface area (Å²) in [6.45, 7) is 2.16. The lowest BCUT2D eigenvalue weighted by atomic mass is 10.1. The number of nitrogens with one attached hydrogen (secondary N) is 2. The zero-order chi connectivity index (χ0) is 25.6. The standard InChI is InChI=1S/C28H31FN6O2/c1-35-16-3-4-22(35)12-17-37-28-26(19-6-9-21(29)10-7-19)33-24-18-20(8-11-23(24)34-28)27(36)32-13-2-5-25-30-14-15-31-25/h6-11,14-15,18,22H,2-5,12-13,16-17H2,1H3,(H,30,31)(H,32,36). The largest absolute Gasteiger partial charge is 0.476 e. The number of nitrogens with zero attached hydrogens (tertiary/aromatic N) is 4. The van der Waals surface area contributed by atoms with E-state index in [4.69, 9.17) is 14.7 Å². The van der Waals surface area contributed by atoms with E-state index in [0.29, 0.717) is 52.9 Å². The molecule has 1 fully saturated rings. The number of rotatable bonds is 10. The molecule has 0 saturated carbocycles. The first-order valence-corrected chi connectivity index (χ1v) is 12.7. The number of aromatic amines is 1. The Morgan fingerprint density at radius 2 is 2.05 bits per heavy atom. The molecule has 0 spiro atoms. The Kier molecular flexibility index (Phi) is 7.70. The maximum atomic E-state index is 13.6. The van der Waals surface area contributed by atoms with E-state index in [9.17, 15) is 9.18 Å². The van der Waals surface area contributed by atoms with Crippen molar-refractivity contribution in [1.29, 1.82) is 0 Å². The molecule has 1 aliphatic heterocycles. The van der Waals surface area contributed by atoms with Gasteiger partial charge in [0.15, 0.2) is 0 Å². The number of ether oxygens (including phenoxy) is 1. The molecule has 1 amide bonds. The van der Waals surface area contributed by atoms with Crippen LogP contribution in [0.5, 0.6) is 5.88 Å². The normalized spacial score (nSPS) is 15.8. The summed E-state index contributed by atoms with van der Waals surface area (Å²) in [6.07, 6.45) is 8.32. The molecule has 0 radical (unpaired) electrons. The zero-order valence-corrected chi connectivity index (χ0v) is 20.9. The Bertz CT molecular complexity index is 1340. The molecule has 5 rings (SSSR count). The monoisotopic (exact) mass is 502 g/mol. The summed E-state index contributed by atoms with van der Waals surface area (Å²) in [5, 5.41) is 2.95. The average molecular weight is 503 g/mol. The Morgan fingerprint density at radius 1 is 1.19 bits per heavy atom. The lowest BCUT2D eigenvalue weighted by molar-refractivity contribution is 0.0953. The van der Waals surface area contributed by atoms with Crippen molar-refractivity contribution in [3.8, 4) is 17.1 Å². The Morgan fingerprint density at radius 3 is 2.81 bits per heavy atom. The van der Waals surface area contributed by atoms with Crippen LogP contribution in [0.2, 0.25) is 0 Å². The van der Waals surface area contributed by atoms with Crippen LogP contribution >= 0.6 is 0 Å². The van der Waals surface area contributed by atoms with Crippen molar-refractivity contribution in [2.75, 3.05) is 26.7 Å². The molecule has 1 aliphatic rings. The number of benzene rings is 2. The maximum absolute atomic E-state index is 13.6. The summed E-state index contributed by atoms with van der Waals surface area (Å²) in [4.78, 5) is 31.9. The molecular formula is C28H31FN6O2. The minimum absolute atomic E-state index is 0.174. The van der Waals surface area contributed by atoms with Crippen molar-refractivity contribution in [1.82, 2.24) is 30.2 Å². The molecule has 2 aromatic heterocycles. The van der Waals surface area contributed by atoms with Gasteiger partial charge in [0.25, 0.3) is 5.91 Å². The predicted octanol–water partition coefficient (Wildman–Crippen LogP) is 4.38. The SMILES string of the molecule is CN1CCCC1CCOc1nc2ccc(C(=O)NCCCc3ncc[nH]3)cc2nc1-c1ccc(F)cc1. The van der Waals surface area contributed by atoms with Crippen molar-refractivity contribution in [3.05, 3.63) is 72.1 Å². The van der Waals surface area contributed by atoms with Crippen LogP contribution in [-0.2, 0) is 6.42 Å². The van der Waals surface area contributed by atoms with Crippen molar-refractivity contribution < 1.29 is 13.9 Å². The van der Waals surface area contributed by atoms with Gasteiger partial charge in [0, 0.05) is 42.5 Å². The molecular weight excluding hydrogens is 471 g/mol. The Hall–Kier alpha value is -3.85. The van der Waals surface area contributed by atoms with E-state index in [2.05, 4.69) is 27.2 Å². The van der Waals surface area contributed by atoms with Crippen LogP contribution in [0.3, 0.4) is 0 Å². The Labute approximate surface area is 215 Å². The fourth-order valence-corrected chi connectivity index (χ4v) is 4.71. The van der Waals surface area contributed by atoms with Crippen LogP contribution < -0.4 is 10.1 Å². The van der Waals surface area contributed by atoms with E-state index in [1.807, 2.05) is 0 Å². The highest BCUT2D eigenvalue weighted by Gasteiger charge is 2.21. The van der Waals surface area contributed by atoms with Gasteiger partial charge in [0.1, 0.15) is 17.3 Å². The van der Waals surface area contributed by atoms with Crippen molar-refractivity contribution >= 4 is 16.9 Å². The molecule has 1 saturated heterocycles. The number of amides is 1. The fraction of sp³-hybridized carbons (Fsp3) is 0.357. The molecule has 2 aromatic carbocycles. The van der Waals surface area contributed by atoms with Gasteiger partial charge in [-0.25, -0.2) is 19.3 Å². The number of likely N-dealkylation sites (tertiary alicyclic amines) is 1. The van der Waals surface area contributed by atoms with Crippen LogP contribution in [0.15, 0.2) is 54.9 Å². The lowest BCUT2D eigenvalue weighted by Crippen LogP contribution is -2.26. The van der Waals surface area contributed by atoms with E-state index in [0.717, 1.165) is 31.6 Å². The van der Waals surface area contributed by atoms with E-state index in [-0.39, 0.29) is 11.7 Å². The summed E-state index contributed by atoms with van der Waals surface area (Å²) in [7, 11) is 2.14. The van der Waals surface area contributed by atoms with Gasteiger partial charge >= 0.3 is 0 Å². The van der Waals surface area contributed by atoms with Crippen LogP contribution in [0.4, 0.5) is 4.39 Å². The Balaban J connectivity index is 1.33. The van der Waals surface area contributed by atoms with Crippen LogP contribution in [0.25, 0.3) is 22.3 Å². The quantitative estimate of drug-likeness (QED) is 0.313. The zero-order valence-electron chi connectivity index (χ0n) is 20.9. The molecule has 0 bridgehead atoms. The summed E-state index contributed by atoms with van der Waals surface area (Å²) in [6, 6.07) is 11.9. The highest BCUT2D eigenvalue weighted by molar-refractivity contribution is 5.97. The van der Waals surface area contributed by atoms with E-state index in [1.54, 1.807) is 42.7 Å².